The third-order valence-corrected chi connectivity index (χ3v) is 4.55. The van der Waals surface area contributed by atoms with Crippen molar-refractivity contribution in [3.8, 4) is 0 Å². The number of aliphatic carboxylic acids is 1. The van der Waals surface area contributed by atoms with Crippen molar-refractivity contribution in [2.75, 3.05) is 0 Å². The molecule has 20 heavy (non-hydrogen) atoms. The molecule has 1 saturated heterocycles. The lowest BCUT2D eigenvalue weighted by molar-refractivity contribution is -0.141. The predicted molar refractivity (Wildman–Crippen MR) is 69.2 cm³/mol. The van der Waals surface area contributed by atoms with Crippen LogP contribution in [0, 0.1) is 12.8 Å². The van der Waals surface area contributed by atoms with E-state index in [4.69, 9.17) is 4.42 Å². The second-order valence-corrected chi connectivity index (χ2v) is 5.67. The number of likely N-dealkylation sites (tertiary alicyclic amines) is 1. The maximum atomic E-state index is 12.6. The molecule has 6 heteroatoms. The Morgan fingerprint density at radius 3 is 2.80 bits per heavy atom. The van der Waals surface area contributed by atoms with Gasteiger partial charge >= 0.3 is 5.97 Å². The van der Waals surface area contributed by atoms with Crippen LogP contribution in [0.25, 0.3) is 0 Å². The van der Waals surface area contributed by atoms with Crippen molar-refractivity contribution in [1.29, 1.82) is 0 Å². The average Bonchev–Trinajstić information content (AvgIpc) is 3.01. The maximum Gasteiger partial charge on any atom is 0.326 e. The van der Waals surface area contributed by atoms with Crippen molar-refractivity contribution < 1.29 is 19.1 Å². The zero-order valence-corrected chi connectivity index (χ0v) is 11.4. The first-order chi connectivity index (χ1) is 9.59. The van der Waals surface area contributed by atoms with Gasteiger partial charge in [0, 0.05) is 6.04 Å². The minimum Gasteiger partial charge on any atom is -0.480 e. The number of amides is 1. The number of carbonyl (C=O) groups excluding carboxylic acids is 1. The summed E-state index contributed by atoms with van der Waals surface area (Å²) in [4.78, 5) is 29.6. The molecule has 6 nitrogen and oxygen atoms in total. The Bertz CT molecular complexity index is 539. The highest BCUT2D eigenvalue weighted by Gasteiger charge is 2.48. The summed E-state index contributed by atoms with van der Waals surface area (Å²) in [5, 5.41) is 9.41. The Hall–Kier alpha value is -1.85. The third kappa shape index (κ3) is 1.99. The lowest BCUT2D eigenvalue weighted by atomic mass is 9.84. The smallest absolute Gasteiger partial charge is 0.326 e. The van der Waals surface area contributed by atoms with Gasteiger partial charge in [-0.3, -0.25) is 4.79 Å². The van der Waals surface area contributed by atoms with Crippen LogP contribution in [-0.4, -0.2) is 39.0 Å². The van der Waals surface area contributed by atoms with Gasteiger partial charge in [-0.1, -0.05) is 12.8 Å². The van der Waals surface area contributed by atoms with E-state index in [-0.39, 0.29) is 17.6 Å². The molecule has 0 aromatic carbocycles. The minimum atomic E-state index is -0.922. The second-order valence-electron chi connectivity index (χ2n) is 5.67. The van der Waals surface area contributed by atoms with Crippen LogP contribution in [0.5, 0.6) is 0 Å². The van der Waals surface area contributed by atoms with Gasteiger partial charge in [-0.2, -0.15) is 0 Å². The van der Waals surface area contributed by atoms with E-state index >= 15 is 0 Å². The van der Waals surface area contributed by atoms with E-state index in [2.05, 4.69) is 4.98 Å². The molecule has 3 rings (SSSR count). The minimum absolute atomic E-state index is 0.0356. The molecule has 2 heterocycles. The van der Waals surface area contributed by atoms with Crippen LogP contribution in [0.2, 0.25) is 0 Å². The van der Waals surface area contributed by atoms with Crippen molar-refractivity contribution in [2.45, 2.75) is 51.1 Å². The van der Waals surface area contributed by atoms with Gasteiger partial charge in [-0.25, -0.2) is 9.78 Å². The van der Waals surface area contributed by atoms with Crippen LogP contribution in [0.15, 0.2) is 10.8 Å². The van der Waals surface area contributed by atoms with Crippen LogP contribution in [0.4, 0.5) is 0 Å². The summed E-state index contributed by atoms with van der Waals surface area (Å²) in [5.41, 5.74) is 0.238. The molecule has 108 valence electrons. The van der Waals surface area contributed by atoms with Crippen LogP contribution in [0.1, 0.15) is 48.4 Å². The third-order valence-electron chi connectivity index (χ3n) is 4.55. The summed E-state index contributed by atoms with van der Waals surface area (Å²) < 4.78 is 5.07. The molecule has 0 bridgehead atoms. The van der Waals surface area contributed by atoms with E-state index in [0.29, 0.717) is 18.1 Å². The lowest BCUT2D eigenvalue weighted by Gasteiger charge is -2.32. The van der Waals surface area contributed by atoms with Gasteiger partial charge in [0.25, 0.3) is 5.91 Å². The van der Waals surface area contributed by atoms with Crippen LogP contribution >= 0.6 is 0 Å². The fourth-order valence-electron chi connectivity index (χ4n) is 3.61. The number of fused-ring (bicyclic) bond motifs is 1. The second kappa shape index (κ2) is 4.92. The molecular formula is C14H18N2O4. The highest BCUT2D eigenvalue weighted by atomic mass is 16.4. The summed E-state index contributed by atoms with van der Waals surface area (Å²) >= 11 is 0. The fourth-order valence-corrected chi connectivity index (χ4v) is 3.61. The van der Waals surface area contributed by atoms with Gasteiger partial charge in [-0.15, -0.1) is 0 Å². The molecule has 1 saturated carbocycles. The van der Waals surface area contributed by atoms with Crippen LogP contribution in [0.3, 0.4) is 0 Å². The van der Waals surface area contributed by atoms with E-state index in [0.717, 1.165) is 25.7 Å². The van der Waals surface area contributed by atoms with Crippen molar-refractivity contribution >= 4 is 11.9 Å². The maximum absolute atomic E-state index is 12.6. The van der Waals surface area contributed by atoms with E-state index in [1.165, 1.54) is 11.3 Å². The summed E-state index contributed by atoms with van der Waals surface area (Å²) in [7, 11) is 0. The molecule has 2 fully saturated rings. The molecule has 1 aromatic rings. The lowest BCUT2D eigenvalue weighted by Crippen LogP contribution is -2.46. The number of carboxylic acid groups (broad SMARTS) is 1. The Balaban J connectivity index is 1.93. The highest BCUT2D eigenvalue weighted by molar-refractivity contribution is 5.96. The van der Waals surface area contributed by atoms with Gasteiger partial charge < -0.3 is 14.4 Å². The van der Waals surface area contributed by atoms with Gasteiger partial charge in [0.2, 0.25) is 0 Å². The van der Waals surface area contributed by atoms with Gasteiger partial charge in [0.1, 0.15) is 11.8 Å². The normalized spacial score (nSPS) is 29.2. The van der Waals surface area contributed by atoms with Gasteiger partial charge in [0.05, 0.1) is 0 Å². The Labute approximate surface area is 116 Å². The SMILES string of the molecule is Cc1ocnc1C(=O)N1C(C(=O)O)CC2CCCCC21. The van der Waals surface area contributed by atoms with Gasteiger partial charge in [-0.05, 0) is 32.1 Å². The molecule has 3 atom stereocenters. The monoisotopic (exact) mass is 278 g/mol. The number of carbonyl (C=O) groups is 2. The number of rotatable bonds is 2. The number of hydrogen-bond donors (Lipinski definition) is 1. The number of hydrogen-bond acceptors (Lipinski definition) is 4. The summed E-state index contributed by atoms with van der Waals surface area (Å²) in [6.07, 6.45) is 5.86. The number of nitrogens with zero attached hydrogens (tertiary/aromatic N) is 2. The topological polar surface area (TPSA) is 83.6 Å². The number of oxazole rings is 1. The predicted octanol–water partition coefficient (Wildman–Crippen LogP) is 1.84. The molecule has 2 aliphatic rings. The number of carboxylic acids is 1. The Kier molecular flexibility index (Phi) is 3.23. The molecule has 0 radical (unpaired) electrons. The Morgan fingerprint density at radius 2 is 2.15 bits per heavy atom. The number of aryl methyl sites for hydroxylation is 1. The Morgan fingerprint density at radius 1 is 1.40 bits per heavy atom. The van der Waals surface area contributed by atoms with Gasteiger partial charge in [0.15, 0.2) is 12.1 Å². The molecule has 1 aliphatic heterocycles. The van der Waals surface area contributed by atoms with E-state index in [1.807, 2.05) is 0 Å². The van der Waals surface area contributed by atoms with Crippen molar-refractivity contribution in [2.24, 2.45) is 5.92 Å². The first kappa shape index (κ1) is 13.1. The quantitative estimate of drug-likeness (QED) is 0.892. The van der Waals surface area contributed by atoms with Crippen molar-refractivity contribution in [1.82, 2.24) is 9.88 Å². The molecule has 3 unspecified atom stereocenters. The first-order valence-electron chi connectivity index (χ1n) is 7.05. The zero-order valence-electron chi connectivity index (χ0n) is 11.4. The first-order valence-corrected chi connectivity index (χ1v) is 7.05. The molecule has 1 aromatic heterocycles. The molecule has 0 spiro atoms. The summed E-state index contributed by atoms with van der Waals surface area (Å²) in [5.74, 6) is -0.480. The van der Waals surface area contributed by atoms with E-state index in [1.54, 1.807) is 6.92 Å². The van der Waals surface area contributed by atoms with Crippen LogP contribution in [-0.2, 0) is 4.79 Å². The molecular weight excluding hydrogens is 260 g/mol. The zero-order chi connectivity index (χ0) is 14.3. The summed E-state index contributed by atoms with van der Waals surface area (Å²) in [6, 6.07) is -0.694. The molecule has 1 aliphatic carbocycles. The number of aromatic nitrogens is 1. The molecule has 1 N–H and O–H groups in total. The highest BCUT2D eigenvalue weighted by Crippen LogP contribution is 2.40. The largest absolute Gasteiger partial charge is 0.480 e. The standard InChI is InChI=1S/C14H18N2O4/c1-8-12(15-7-20-8)13(17)16-10-5-3-2-4-9(10)6-11(16)14(18)19/h7,9-11H,2-6H2,1H3,(H,18,19). The fraction of sp³-hybridized carbons (Fsp3) is 0.643. The van der Waals surface area contributed by atoms with Crippen molar-refractivity contribution in [3.63, 3.8) is 0 Å². The van der Waals surface area contributed by atoms with E-state index in [9.17, 15) is 14.7 Å². The van der Waals surface area contributed by atoms with Crippen molar-refractivity contribution in [3.05, 3.63) is 17.8 Å². The average molecular weight is 278 g/mol. The summed E-state index contributed by atoms with van der Waals surface area (Å²) in [6.45, 7) is 1.67. The molecule has 1 amide bonds. The van der Waals surface area contributed by atoms with E-state index < -0.39 is 12.0 Å². The van der Waals surface area contributed by atoms with Crippen LogP contribution < -0.4 is 0 Å².